The Bertz CT molecular complexity index is 199. The highest BCUT2D eigenvalue weighted by Gasteiger charge is 2.55. The molecule has 1 aliphatic rings. The Hall–Kier alpha value is -0.320. The zero-order chi connectivity index (χ0) is 7.94. The van der Waals surface area contributed by atoms with Gasteiger partial charge in [0.2, 0.25) is 0 Å². The van der Waals surface area contributed by atoms with E-state index in [0.29, 0.717) is 0 Å². The summed E-state index contributed by atoms with van der Waals surface area (Å²) >= 11 is 10.3. The molecule has 0 radical (unpaired) electrons. The van der Waals surface area contributed by atoms with Gasteiger partial charge in [-0.2, -0.15) is 0 Å². The van der Waals surface area contributed by atoms with E-state index in [0.717, 1.165) is 0 Å². The molecule has 0 saturated carbocycles. The van der Waals surface area contributed by atoms with Crippen LogP contribution in [-0.2, 0) is 14.3 Å². The Morgan fingerprint density at radius 2 is 2.10 bits per heavy atom. The van der Waals surface area contributed by atoms with Crippen LogP contribution in [0.4, 0.5) is 0 Å². The summed E-state index contributed by atoms with van der Waals surface area (Å²) in [5.74, 6) is -2.25. The highest BCUT2D eigenvalue weighted by atomic mass is 35.5. The van der Waals surface area contributed by atoms with Crippen LogP contribution in [0, 0.1) is 0 Å². The van der Waals surface area contributed by atoms with Crippen molar-refractivity contribution in [3.05, 3.63) is 0 Å². The Morgan fingerprint density at radius 3 is 2.20 bits per heavy atom. The molecule has 1 saturated heterocycles. The molecule has 2 atom stereocenters. The van der Waals surface area contributed by atoms with Crippen molar-refractivity contribution in [2.75, 3.05) is 0 Å². The maximum absolute atomic E-state index is 10.4. The van der Waals surface area contributed by atoms with E-state index in [2.05, 4.69) is 4.74 Å². The Labute approximate surface area is 65.7 Å². The van der Waals surface area contributed by atoms with Gasteiger partial charge in [0.25, 0.3) is 5.06 Å². The second-order valence-electron chi connectivity index (χ2n) is 1.74. The standard InChI is InChI=1S/C4H2Cl2O4/c5-1-2(7)10-3(8)4(1,6)9/h1,9H. The minimum Gasteiger partial charge on any atom is -0.389 e. The summed E-state index contributed by atoms with van der Waals surface area (Å²) in [5, 5.41) is 4.94. The molecule has 0 spiro atoms. The predicted molar refractivity (Wildman–Crippen MR) is 31.5 cm³/mol. The number of ether oxygens (including phenoxy) is 1. The van der Waals surface area contributed by atoms with Crippen molar-refractivity contribution >= 4 is 35.1 Å². The van der Waals surface area contributed by atoms with Gasteiger partial charge in [-0.05, 0) is 0 Å². The van der Waals surface area contributed by atoms with Crippen molar-refractivity contribution < 1.29 is 19.4 Å². The molecule has 1 fully saturated rings. The van der Waals surface area contributed by atoms with Crippen LogP contribution in [-0.4, -0.2) is 27.5 Å². The second kappa shape index (κ2) is 2.08. The van der Waals surface area contributed by atoms with Gasteiger partial charge in [-0.1, -0.05) is 11.6 Å². The first-order valence-corrected chi connectivity index (χ1v) is 3.09. The third-order valence-electron chi connectivity index (χ3n) is 1.02. The summed E-state index contributed by atoms with van der Waals surface area (Å²) in [6.45, 7) is 0. The lowest BCUT2D eigenvalue weighted by Gasteiger charge is -2.07. The summed E-state index contributed by atoms with van der Waals surface area (Å²) in [7, 11) is 0. The van der Waals surface area contributed by atoms with E-state index in [9.17, 15) is 9.59 Å². The van der Waals surface area contributed by atoms with Crippen LogP contribution in [0.2, 0.25) is 0 Å². The van der Waals surface area contributed by atoms with E-state index in [1.165, 1.54) is 0 Å². The number of hydrogen-bond donors (Lipinski definition) is 1. The van der Waals surface area contributed by atoms with Crippen LogP contribution in [0.15, 0.2) is 0 Å². The van der Waals surface area contributed by atoms with Crippen molar-refractivity contribution in [3.8, 4) is 0 Å². The number of esters is 2. The summed E-state index contributed by atoms with van der Waals surface area (Å²) in [6.07, 6.45) is 0. The van der Waals surface area contributed by atoms with Gasteiger partial charge < -0.3 is 9.84 Å². The number of halogens is 2. The van der Waals surface area contributed by atoms with Crippen molar-refractivity contribution in [2.45, 2.75) is 10.4 Å². The van der Waals surface area contributed by atoms with Crippen LogP contribution in [0.5, 0.6) is 0 Å². The Balaban J connectivity index is 2.96. The Morgan fingerprint density at radius 1 is 1.60 bits per heavy atom. The van der Waals surface area contributed by atoms with Crippen LogP contribution in [0.3, 0.4) is 0 Å². The first-order chi connectivity index (χ1) is 4.46. The number of carbonyl (C=O) groups is 2. The third-order valence-corrected chi connectivity index (χ3v) is 2.00. The SMILES string of the molecule is O=C1OC(=O)C(O)(Cl)C1Cl. The molecule has 1 N–H and O–H groups in total. The molecule has 4 nitrogen and oxygen atoms in total. The van der Waals surface area contributed by atoms with Crippen molar-refractivity contribution in [1.82, 2.24) is 0 Å². The monoisotopic (exact) mass is 184 g/mol. The molecule has 0 aliphatic carbocycles. The summed E-state index contributed by atoms with van der Waals surface area (Å²) in [6, 6.07) is 0. The minimum atomic E-state index is -2.39. The molecular weight excluding hydrogens is 183 g/mol. The number of alkyl halides is 2. The van der Waals surface area contributed by atoms with Crippen LogP contribution < -0.4 is 0 Å². The van der Waals surface area contributed by atoms with Crippen LogP contribution in [0.1, 0.15) is 0 Å². The summed E-state index contributed by atoms with van der Waals surface area (Å²) < 4.78 is 3.90. The lowest BCUT2D eigenvalue weighted by molar-refractivity contribution is -0.155. The number of aliphatic hydroxyl groups is 1. The second-order valence-corrected chi connectivity index (χ2v) is 2.76. The predicted octanol–water partition coefficient (Wildman–Crippen LogP) is -0.395. The fourth-order valence-electron chi connectivity index (χ4n) is 0.474. The van der Waals surface area contributed by atoms with Gasteiger partial charge in [0.05, 0.1) is 0 Å². The average Bonchev–Trinajstić information content (AvgIpc) is 1.97. The van der Waals surface area contributed by atoms with Crippen molar-refractivity contribution in [3.63, 3.8) is 0 Å². The quantitative estimate of drug-likeness (QED) is 0.317. The molecule has 0 bridgehead atoms. The molecule has 0 aromatic heterocycles. The minimum absolute atomic E-state index is 1.02. The molecule has 1 aliphatic heterocycles. The Kier molecular flexibility index (Phi) is 1.62. The molecule has 1 heterocycles. The first-order valence-electron chi connectivity index (χ1n) is 2.27. The molecule has 1 rings (SSSR count). The normalized spacial score (nSPS) is 40.1. The first kappa shape index (κ1) is 7.78. The van der Waals surface area contributed by atoms with E-state index in [1.54, 1.807) is 0 Å². The van der Waals surface area contributed by atoms with E-state index in [-0.39, 0.29) is 0 Å². The largest absolute Gasteiger partial charge is 0.389 e. The van der Waals surface area contributed by atoms with E-state index < -0.39 is 22.4 Å². The smallest absolute Gasteiger partial charge is 0.364 e. The topological polar surface area (TPSA) is 63.6 Å². The van der Waals surface area contributed by atoms with E-state index in [4.69, 9.17) is 28.3 Å². The van der Waals surface area contributed by atoms with Crippen molar-refractivity contribution in [2.24, 2.45) is 0 Å². The zero-order valence-electron chi connectivity index (χ0n) is 4.51. The van der Waals surface area contributed by atoms with Crippen LogP contribution >= 0.6 is 23.2 Å². The zero-order valence-corrected chi connectivity index (χ0v) is 6.02. The van der Waals surface area contributed by atoms with Gasteiger partial charge >= 0.3 is 11.9 Å². The van der Waals surface area contributed by atoms with Gasteiger partial charge in [-0.25, -0.2) is 9.59 Å². The number of cyclic esters (lactones) is 2. The molecule has 56 valence electrons. The number of carbonyl (C=O) groups excluding carboxylic acids is 2. The molecule has 2 unspecified atom stereocenters. The summed E-state index contributed by atoms with van der Waals surface area (Å²) in [5.41, 5.74) is 0. The molecule has 10 heavy (non-hydrogen) atoms. The molecule has 0 aromatic carbocycles. The molecule has 0 aromatic rings. The van der Waals surface area contributed by atoms with Gasteiger partial charge in [-0.3, -0.25) is 0 Å². The van der Waals surface area contributed by atoms with Gasteiger partial charge in [-0.15, -0.1) is 11.6 Å². The highest BCUT2D eigenvalue weighted by molar-refractivity contribution is 6.47. The highest BCUT2D eigenvalue weighted by Crippen LogP contribution is 2.29. The summed E-state index contributed by atoms with van der Waals surface area (Å²) in [4.78, 5) is 20.8. The maximum Gasteiger partial charge on any atom is 0.364 e. The van der Waals surface area contributed by atoms with Crippen LogP contribution in [0.25, 0.3) is 0 Å². The van der Waals surface area contributed by atoms with Crippen molar-refractivity contribution in [1.29, 1.82) is 0 Å². The average molecular weight is 185 g/mol. The van der Waals surface area contributed by atoms with Gasteiger partial charge in [0.1, 0.15) is 0 Å². The fraction of sp³-hybridized carbons (Fsp3) is 0.500. The lowest BCUT2D eigenvalue weighted by Crippen LogP contribution is -2.35. The van der Waals surface area contributed by atoms with E-state index in [1.807, 2.05) is 0 Å². The number of rotatable bonds is 0. The molecular formula is C4H2Cl2O4. The van der Waals surface area contributed by atoms with Gasteiger partial charge in [0.15, 0.2) is 5.38 Å². The van der Waals surface area contributed by atoms with Gasteiger partial charge in [0, 0.05) is 0 Å². The third kappa shape index (κ3) is 0.885. The fourth-order valence-corrected chi connectivity index (χ4v) is 0.736. The maximum atomic E-state index is 10.4. The lowest BCUT2D eigenvalue weighted by atomic mass is 10.3. The molecule has 0 amide bonds. The number of hydrogen-bond acceptors (Lipinski definition) is 4. The molecule has 6 heteroatoms. The van der Waals surface area contributed by atoms with E-state index >= 15 is 0 Å².